The number of nitrogens with zero attached hydrogens (tertiary/aromatic N) is 5. The normalized spacial score (nSPS) is 11.3. The fourth-order valence-corrected chi connectivity index (χ4v) is 2.39. The Labute approximate surface area is 151 Å². The largest absolute Gasteiger partial charge is 0.393 e. The molecule has 0 saturated carbocycles. The number of hydrogen-bond acceptors (Lipinski definition) is 8. The molecule has 8 heteroatoms. The molecule has 0 aromatic carbocycles. The lowest BCUT2D eigenvalue weighted by Gasteiger charge is -2.12. The van der Waals surface area contributed by atoms with Crippen LogP contribution in [0.4, 0.5) is 17.3 Å². The van der Waals surface area contributed by atoms with E-state index in [1.54, 1.807) is 25.6 Å². The van der Waals surface area contributed by atoms with E-state index in [1.807, 2.05) is 43.3 Å². The van der Waals surface area contributed by atoms with Crippen molar-refractivity contribution in [1.82, 2.24) is 25.5 Å². The summed E-state index contributed by atoms with van der Waals surface area (Å²) in [5.74, 6) is 1.26. The van der Waals surface area contributed by atoms with Gasteiger partial charge >= 0.3 is 0 Å². The third kappa shape index (κ3) is 3.75. The smallest absolute Gasteiger partial charge is 0.156 e. The molecule has 0 saturated heterocycles. The highest BCUT2D eigenvalue weighted by Crippen LogP contribution is 2.21. The second-order valence-corrected chi connectivity index (χ2v) is 5.81. The lowest BCUT2D eigenvalue weighted by molar-refractivity contribution is 1.01. The predicted octanol–water partition coefficient (Wildman–Crippen LogP) is 2.44. The van der Waals surface area contributed by atoms with E-state index >= 15 is 0 Å². The van der Waals surface area contributed by atoms with Gasteiger partial charge in [0.1, 0.15) is 5.82 Å². The van der Waals surface area contributed by atoms with Crippen LogP contribution in [-0.4, -0.2) is 47.5 Å². The Kier molecular flexibility index (Phi) is 5.02. The van der Waals surface area contributed by atoms with Crippen molar-refractivity contribution in [1.29, 1.82) is 5.41 Å². The highest BCUT2D eigenvalue weighted by Gasteiger charge is 2.06. The van der Waals surface area contributed by atoms with Gasteiger partial charge in [0.25, 0.3) is 0 Å². The highest BCUT2D eigenvalue weighted by atomic mass is 15.2. The van der Waals surface area contributed by atoms with E-state index in [0.717, 1.165) is 27.9 Å². The molecule has 8 nitrogen and oxygen atoms in total. The second-order valence-electron chi connectivity index (χ2n) is 5.81. The van der Waals surface area contributed by atoms with Gasteiger partial charge in [0, 0.05) is 57.0 Å². The lowest BCUT2D eigenvalue weighted by Crippen LogP contribution is -2.10. The first-order chi connectivity index (χ1) is 12.6. The highest BCUT2D eigenvalue weighted by molar-refractivity contribution is 6.08. The van der Waals surface area contributed by atoms with Gasteiger partial charge < -0.3 is 20.9 Å². The summed E-state index contributed by atoms with van der Waals surface area (Å²) in [6.45, 7) is 0. The molecule has 0 radical (unpaired) electrons. The Morgan fingerprint density at radius 1 is 1.12 bits per heavy atom. The van der Waals surface area contributed by atoms with Crippen LogP contribution in [0.5, 0.6) is 0 Å². The molecule has 0 bridgehead atoms. The Balaban J connectivity index is 1.94. The SMILES string of the molecule is CN/C=C(\C=N)c1cnc2ccc(Nc3cc(N(C)C)cnn3)nc2c1. The Morgan fingerprint density at radius 3 is 2.69 bits per heavy atom. The van der Waals surface area contributed by atoms with Crippen molar-refractivity contribution in [3.8, 4) is 0 Å². The first-order valence-electron chi connectivity index (χ1n) is 8.03. The molecule has 3 aromatic heterocycles. The molecule has 132 valence electrons. The minimum Gasteiger partial charge on any atom is -0.393 e. The number of pyridine rings is 2. The van der Waals surface area contributed by atoms with E-state index in [2.05, 4.69) is 30.8 Å². The summed E-state index contributed by atoms with van der Waals surface area (Å²) < 4.78 is 0. The minimum absolute atomic E-state index is 0.613. The molecule has 3 rings (SSSR count). The van der Waals surface area contributed by atoms with Crippen LogP contribution in [0.25, 0.3) is 16.6 Å². The van der Waals surface area contributed by atoms with Crippen molar-refractivity contribution in [3.05, 3.63) is 48.4 Å². The zero-order chi connectivity index (χ0) is 18.5. The molecule has 0 aliphatic rings. The summed E-state index contributed by atoms with van der Waals surface area (Å²) in [4.78, 5) is 11.0. The molecule has 0 spiro atoms. The Morgan fingerprint density at radius 2 is 1.96 bits per heavy atom. The second kappa shape index (κ2) is 7.56. The van der Waals surface area contributed by atoms with E-state index in [-0.39, 0.29) is 0 Å². The molecule has 3 heterocycles. The van der Waals surface area contributed by atoms with Gasteiger partial charge in [-0.1, -0.05) is 0 Å². The van der Waals surface area contributed by atoms with Gasteiger partial charge in [0.05, 0.1) is 22.9 Å². The van der Waals surface area contributed by atoms with Crippen LogP contribution in [0.2, 0.25) is 0 Å². The Hall–Kier alpha value is -3.55. The number of allylic oxidation sites excluding steroid dienone is 1. The first kappa shape index (κ1) is 17.3. The van der Waals surface area contributed by atoms with Gasteiger partial charge in [-0.2, -0.15) is 5.10 Å². The number of fused-ring (bicyclic) bond motifs is 1. The van der Waals surface area contributed by atoms with Crippen molar-refractivity contribution in [3.63, 3.8) is 0 Å². The number of aromatic nitrogens is 4. The maximum atomic E-state index is 7.54. The molecule has 0 amide bonds. The van der Waals surface area contributed by atoms with Crippen LogP contribution in [-0.2, 0) is 0 Å². The Bertz CT molecular complexity index is 964. The molecule has 0 aliphatic carbocycles. The van der Waals surface area contributed by atoms with Crippen molar-refractivity contribution < 1.29 is 0 Å². The molecule has 26 heavy (non-hydrogen) atoms. The van der Waals surface area contributed by atoms with Gasteiger partial charge in [-0.15, -0.1) is 5.10 Å². The molecule has 0 aliphatic heterocycles. The van der Waals surface area contributed by atoms with Crippen molar-refractivity contribution in [2.75, 3.05) is 31.4 Å². The van der Waals surface area contributed by atoms with Crippen molar-refractivity contribution >= 4 is 40.1 Å². The van der Waals surface area contributed by atoms with Crippen LogP contribution >= 0.6 is 0 Å². The number of nitrogens with one attached hydrogen (secondary N) is 3. The number of hydrogen-bond donors (Lipinski definition) is 3. The summed E-state index contributed by atoms with van der Waals surface area (Å²) in [6.07, 6.45) is 6.46. The number of rotatable bonds is 6. The van der Waals surface area contributed by atoms with Crippen LogP contribution in [0.15, 0.2) is 42.9 Å². The van der Waals surface area contributed by atoms with Gasteiger partial charge in [-0.3, -0.25) is 4.98 Å². The maximum Gasteiger partial charge on any atom is 0.156 e. The minimum atomic E-state index is 0.613. The van der Waals surface area contributed by atoms with Crippen LogP contribution in [0.1, 0.15) is 5.56 Å². The number of anilines is 3. The van der Waals surface area contributed by atoms with Crippen LogP contribution in [0.3, 0.4) is 0 Å². The third-order valence-corrected chi connectivity index (χ3v) is 3.74. The van der Waals surface area contributed by atoms with E-state index in [1.165, 1.54) is 6.21 Å². The summed E-state index contributed by atoms with van der Waals surface area (Å²) in [5.41, 5.74) is 4.00. The standard InChI is InChI=1S/C18H20N8/c1-20-9-13(8-19)12-6-16-15(21-10-12)4-5-17(23-16)24-18-7-14(26(2)3)11-22-25-18/h4-11,19-20H,1-3H3,(H,23,24,25)/b13-9+,19-8?. The quantitative estimate of drug-likeness (QED) is 0.588. The van der Waals surface area contributed by atoms with Gasteiger partial charge in [0.15, 0.2) is 5.82 Å². The van der Waals surface area contributed by atoms with E-state index in [9.17, 15) is 0 Å². The molecular formula is C18H20N8. The van der Waals surface area contributed by atoms with E-state index in [0.29, 0.717) is 11.6 Å². The third-order valence-electron chi connectivity index (χ3n) is 3.74. The zero-order valence-electron chi connectivity index (χ0n) is 14.9. The first-order valence-corrected chi connectivity index (χ1v) is 8.03. The van der Waals surface area contributed by atoms with Gasteiger partial charge in [0.2, 0.25) is 0 Å². The average Bonchev–Trinajstić information content (AvgIpc) is 2.65. The average molecular weight is 348 g/mol. The van der Waals surface area contributed by atoms with Crippen LogP contribution < -0.4 is 15.5 Å². The molecule has 0 atom stereocenters. The summed E-state index contributed by atoms with van der Waals surface area (Å²) >= 11 is 0. The van der Waals surface area contributed by atoms with Gasteiger partial charge in [-0.05, 0) is 18.2 Å². The fourth-order valence-electron chi connectivity index (χ4n) is 2.39. The van der Waals surface area contributed by atoms with Crippen molar-refractivity contribution in [2.24, 2.45) is 0 Å². The van der Waals surface area contributed by atoms with E-state index < -0.39 is 0 Å². The zero-order valence-corrected chi connectivity index (χ0v) is 14.9. The fraction of sp³-hybridized carbons (Fsp3) is 0.167. The maximum absolute atomic E-state index is 7.54. The van der Waals surface area contributed by atoms with Crippen LogP contribution in [0, 0.1) is 5.41 Å². The predicted molar refractivity (Wildman–Crippen MR) is 105 cm³/mol. The van der Waals surface area contributed by atoms with Gasteiger partial charge in [-0.25, -0.2) is 4.98 Å². The summed E-state index contributed by atoms with van der Waals surface area (Å²) in [6, 6.07) is 7.55. The monoisotopic (exact) mass is 348 g/mol. The molecule has 0 unspecified atom stereocenters. The molecule has 3 aromatic rings. The lowest BCUT2D eigenvalue weighted by atomic mass is 10.1. The summed E-state index contributed by atoms with van der Waals surface area (Å²) in [7, 11) is 5.69. The summed E-state index contributed by atoms with van der Waals surface area (Å²) in [5, 5.41) is 21.7. The van der Waals surface area contributed by atoms with E-state index in [4.69, 9.17) is 5.41 Å². The molecule has 3 N–H and O–H groups in total. The molecular weight excluding hydrogens is 328 g/mol. The topological polar surface area (TPSA) is 103 Å². The van der Waals surface area contributed by atoms with Crippen molar-refractivity contribution in [2.45, 2.75) is 0 Å². The molecule has 0 fully saturated rings.